The third kappa shape index (κ3) is 3.68. The van der Waals surface area contributed by atoms with Crippen LogP contribution in [-0.4, -0.2) is 35.2 Å². The Labute approximate surface area is 110 Å². The normalized spacial score (nSPS) is 14.7. The molecule has 1 aromatic heterocycles. The van der Waals surface area contributed by atoms with Gasteiger partial charge in [0, 0.05) is 19.8 Å². The Bertz CT molecular complexity index is 415. The van der Waals surface area contributed by atoms with Crippen molar-refractivity contribution in [2.24, 2.45) is 5.92 Å². The van der Waals surface area contributed by atoms with Crippen molar-refractivity contribution >= 4 is 22.5 Å². The Balaban J connectivity index is 1.67. The first kappa shape index (κ1) is 13.3. The molecule has 2 N–H and O–H groups in total. The van der Waals surface area contributed by atoms with E-state index >= 15 is 0 Å². The number of anilines is 1. The van der Waals surface area contributed by atoms with Crippen molar-refractivity contribution in [2.75, 3.05) is 25.1 Å². The number of rotatable bonds is 8. The molecule has 0 bridgehead atoms. The Hall–Kier alpha value is -1.14. The zero-order valence-corrected chi connectivity index (χ0v) is 11.3. The second kappa shape index (κ2) is 6.15. The molecule has 18 heavy (non-hydrogen) atoms. The van der Waals surface area contributed by atoms with E-state index in [1.807, 2.05) is 0 Å². The third-order valence-electron chi connectivity index (χ3n) is 2.88. The van der Waals surface area contributed by atoms with Crippen molar-refractivity contribution in [1.29, 1.82) is 0 Å². The van der Waals surface area contributed by atoms with Gasteiger partial charge >= 0.3 is 5.97 Å². The maximum Gasteiger partial charge on any atom is 0.340 e. The Morgan fingerprint density at radius 1 is 1.61 bits per heavy atom. The van der Waals surface area contributed by atoms with Gasteiger partial charge in [-0.1, -0.05) is 0 Å². The summed E-state index contributed by atoms with van der Waals surface area (Å²) in [5.74, 6) is -0.130. The van der Waals surface area contributed by atoms with Crippen molar-refractivity contribution in [2.45, 2.75) is 26.2 Å². The molecule has 1 aromatic rings. The summed E-state index contributed by atoms with van der Waals surface area (Å²) in [4.78, 5) is 11.0. The Morgan fingerprint density at radius 3 is 3.06 bits per heavy atom. The van der Waals surface area contributed by atoms with Crippen LogP contribution in [0.25, 0.3) is 0 Å². The van der Waals surface area contributed by atoms with E-state index in [1.165, 1.54) is 24.4 Å². The fourth-order valence-electron chi connectivity index (χ4n) is 1.65. The molecular weight excluding hydrogens is 252 g/mol. The minimum Gasteiger partial charge on any atom is -0.478 e. The molecule has 0 saturated heterocycles. The van der Waals surface area contributed by atoms with E-state index in [1.54, 1.807) is 6.92 Å². The van der Waals surface area contributed by atoms with E-state index in [2.05, 4.69) is 9.69 Å². The van der Waals surface area contributed by atoms with Gasteiger partial charge in [0.2, 0.25) is 0 Å². The molecule has 1 fully saturated rings. The number of ether oxygens (including phenoxy) is 1. The predicted molar refractivity (Wildman–Crippen MR) is 70.5 cm³/mol. The van der Waals surface area contributed by atoms with Gasteiger partial charge in [0.25, 0.3) is 0 Å². The summed E-state index contributed by atoms with van der Waals surface area (Å²) >= 11 is 1.20. The van der Waals surface area contributed by atoms with Crippen LogP contribution >= 0.6 is 11.5 Å². The summed E-state index contributed by atoms with van der Waals surface area (Å²) < 4.78 is 9.56. The van der Waals surface area contributed by atoms with Gasteiger partial charge in [-0.05, 0) is 43.6 Å². The Morgan fingerprint density at radius 2 is 2.39 bits per heavy atom. The number of hydrogen-bond donors (Lipinski definition) is 2. The van der Waals surface area contributed by atoms with Crippen LogP contribution in [0.1, 0.15) is 35.3 Å². The van der Waals surface area contributed by atoms with Crippen molar-refractivity contribution in [3.8, 4) is 0 Å². The van der Waals surface area contributed by atoms with Crippen molar-refractivity contribution in [3.05, 3.63) is 11.3 Å². The summed E-state index contributed by atoms with van der Waals surface area (Å²) in [6.07, 6.45) is 3.49. The van der Waals surface area contributed by atoms with Gasteiger partial charge in [-0.3, -0.25) is 0 Å². The fourth-order valence-corrected chi connectivity index (χ4v) is 2.47. The predicted octanol–water partition coefficient (Wildman–Crippen LogP) is 2.38. The number of aryl methyl sites for hydroxylation is 1. The van der Waals surface area contributed by atoms with E-state index in [9.17, 15) is 4.79 Å². The first-order valence-corrected chi connectivity index (χ1v) is 6.97. The molecular formula is C12H18N2O3S. The topological polar surface area (TPSA) is 71.5 Å². The second-order valence-electron chi connectivity index (χ2n) is 4.58. The van der Waals surface area contributed by atoms with Crippen LogP contribution in [0.2, 0.25) is 0 Å². The van der Waals surface area contributed by atoms with Gasteiger partial charge in [0.1, 0.15) is 10.6 Å². The van der Waals surface area contributed by atoms with Crippen LogP contribution in [0.3, 0.4) is 0 Å². The van der Waals surface area contributed by atoms with E-state index in [4.69, 9.17) is 9.84 Å². The lowest BCUT2D eigenvalue weighted by atomic mass is 10.2. The highest BCUT2D eigenvalue weighted by Crippen LogP contribution is 2.28. The molecule has 1 heterocycles. The molecule has 0 atom stereocenters. The lowest BCUT2D eigenvalue weighted by molar-refractivity contribution is 0.0697. The molecule has 1 saturated carbocycles. The van der Waals surface area contributed by atoms with E-state index in [-0.39, 0.29) is 0 Å². The third-order valence-corrected chi connectivity index (χ3v) is 3.77. The first-order valence-electron chi connectivity index (χ1n) is 6.19. The van der Waals surface area contributed by atoms with E-state index in [0.717, 1.165) is 25.6 Å². The van der Waals surface area contributed by atoms with E-state index in [0.29, 0.717) is 22.8 Å². The molecule has 0 unspecified atom stereocenters. The highest BCUT2D eigenvalue weighted by Gasteiger charge is 2.21. The summed E-state index contributed by atoms with van der Waals surface area (Å²) in [6.45, 7) is 4.03. The summed E-state index contributed by atoms with van der Waals surface area (Å²) in [5.41, 5.74) is 0.860. The summed E-state index contributed by atoms with van der Waals surface area (Å²) in [6, 6.07) is 0. The molecule has 0 aromatic carbocycles. The van der Waals surface area contributed by atoms with Crippen LogP contribution in [0.4, 0.5) is 5.00 Å². The SMILES string of the molecule is Cc1nsc(NCCCOCC2CC2)c1C(=O)O. The number of carboxylic acid groups (broad SMARTS) is 1. The molecule has 0 amide bonds. The van der Waals surface area contributed by atoms with Gasteiger partial charge < -0.3 is 15.2 Å². The van der Waals surface area contributed by atoms with Gasteiger partial charge in [-0.2, -0.15) is 4.37 Å². The number of nitrogens with zero attached hydrogens (tertiary/aromatic N) is 1. The lowest BCUT2D eigenvalue weighted by Gasteiger charge is -2.05. The number of carboxylic acids is 1. The first-order chi connectivity index (χ1) is 8.68. The number of carbonyl (C=O) groups is 1. The van der Waals surface area contributed by atoms with Crippen LogP contribution in [0, 0.1) is 12.8 Å². The maximum atomic E-state index is 11.0. The van der Waals surface area contributed by atoms with Gasteiger partial charge in [-0.15, -0.1) is 0 Å². The molecule has 5 nitrogen and oxygen atoms in total. The van der Waals surface area contributed by atoms with Crippen LogP contribution in [0.5, 0.6) is 0 Å². The minimum absolute atomic E-state index is 0.291. The minimum atomic E-state index is -0.922. The van der Waals surface area contributed by atoms with Crippen LogP contribution in [0.15, 0.2) is 0 Å². The highest BCUT2D eigenvalue weighted by molar-refractivity contribution is 7.10. The van der Waals surface area contributed by atoms with Crippen molar-refractivity contribution in [1.82, 2.24) is 4.37 Å². The van der Waals surface area contributed by atoms with Crippen molar-refractivity contribution < 1.29 is 14.6 Å². The number of aromatic nitrogens is 1. The molecule has 0 spiro atoms. The second-order valence-corrected chi connectivity index (χ2v) is 5.35. The standard InChI is InChI=1S/C12H18N2O3S/c1-8-10(12(15)16)11(18-14-8)13-5-2-6-17-7-9-3-4-9/h9,13H,2-7H2,1H3,(H,15,16). The molecule has 0 radical (unpaired) electrons. The number of aromatic carboxylic acids is 1. The monoisotopic (exact) mass is 270 g/mol. The highest BCUT2D eigenvalue weighted by atomic mass is 32.1. The van der Waals surface area contributed by atoms with Gasteiger partial charge in [0.15, 0.2) is 0 Å². The smallest absolute Gasteiger partial charge is 0.340 e. The van der Waals surface area contributed by atoms with Crippen LogP contribution < -0.4 is 5.32 Å². The largest absolute Gasteiger partial charge is 0.478 e. The zero-order valence-electron chi connectivity index (χ0n) is 10.4. The molecule has 0 aliphatic heterocycles. The summed E-state index contributed by atoms with van der Waals surface area (Å²) in [5, 5.41) is 12.8. The quantitative estimate of drug-likeness (QED) is 0.710. The zero-order chi connectivity index (χ0) is 13.0. The Kier molecular flexibility index (Phi) is 4.54. The molecule has 100 valence electrons. The average molecular weight is 270 g/mol. The summed E-state index contributed by atoms with van der Waals surface area (Å²) in [7, 11) is 0. The number of nitrogens with one attached hydrogen (secondary N) is 1. The van der Waals surface area contributed by atoms with Crippen LogP contribution in [-0.2, 0) is 4.74 Å². The maximum absolute atomic E-state index is 11.0. The molecule has 1 aliphatic rings. The van der Waals surface area contributed by atoms with Gasteiger partial charge in [0.05, 0.1) is 5.69 Å². The van der Waals surface area contributed by atoms with Gasteiger partial charge in [-0.25, -0.2) is 4.79 Å². The number of hydrogen-bond acceptors (Lipinski definition) is 5. The lowest BCUT2D eigenvalue weighted by Crippen LogP contribution is -2.09. The average Bonchev–Trinajstić information content (AvgIpc) is 3.06. The molecule has 2 rings (SSSR count). The van der Waals surface area contributed by atoms with Crippen molar-refractivity contribution in [3.63, 3.8) is 0 Å². The fraction of sp³-hybridized carbons (Fsp3) is 0.667. The van der Waals surface area contributed by atoms with E-state index < -0.39 is 5.97 Å². The molecule has 1 aliphatic carbocycles. The molecule has 6 heteroatoms.